The lowest BCUT2D eigenvalue weighted by Gasteiger charge is -1.87. The first kappa shape index (κ1) is 6.22. The van der Waals surface area contributed by atoms with E-state index in [9.17, 15) is 0 Å². The normalized spacial score (nSPS) is 10.6. The van der Waals surface area contributed by atoms with Gasteiger partial charge in [-0.2, -0.15) is 5.10 Å². The van der Waals surface area contributed by atoms with E-state index in [1.807, 2.05) is 19.3 Å². The van der Waals surface area contributed by atoms with E-state index in [2.05, 4.69) is 5.10 Å². The topological polar surface area (TPSA) is 38.0 Å². The average molecular weight is 148 g/mol. The van der Waals surface area contributed by atoms with Crippen molar-refractivity contribution in [3.8, 4) is 5.75 Å². The number of phenolic OH excluding ortho intramolecular Hbond substituents is 1. The summed E-state index contributed by atoms with van der Waals surface area (Å²) in [7, 11) is 1.86. The van der Waals surface area contributed by atoms with Crippen molar-refractivity contribution in [1.82, 2.24) is 9.78 Å². The van der Waals surface area contributed by atoms with E-state index in [0.29, 0.717) is 0 Å². The molecule has 0 fully saturated rings. The van der Waals surface area contributed by atoms with Crippen molar-refractivity contribution in [3.63, 3.8) is 0 Å². The number of hydrogen-bond acceptors (Lipinski definition) is 2. The maximum Gasteiger partial charge on any atom is 0.117 e. The van der Waals surface area contributed by atoms with Gasteiger partial charge in [0.15, 0.2) is 0 Å². The number of aromatic nitrogens is 2. The fourth-order valence-corrected chi connectivity index (χ4v) is 1.13. The van der Waals surface area contributed by atoms with Gasteiger partial charge in [-0.05, 0) is 12.1 Å². The van der Waals surface area contributed by atoms with Gasteiger partial charge < -0.3 is 5.11 Å². The molecular weight excluding hydrogens is 140 g/mol. The zero-order chi connectivity index (χ0) is 7.84. The van der Waals surface area contributed by atoms with Crippen LogP contribution < -0.4 is 0 Å². The van der Waals surface area contributed by atoms with Crippen LogP contribution in [0.1, 0.15) is 0 Å². The third kappa shape index (κ3) is 0.941. The van der Waals surface area contributed by atoms with Crippen LogP contribution in [0.2, 0.25) is 0 Å². The molecular formula is C8H8N2O. The van der Waals surface area contributed by atoms with E-state index in [1.54, 1.807) is 16.8 Å². The fraction of sp³-hybridized carbons (Fsp3) is 0.125. The van der Waals surface area contributed by atoms with Crippen LogP contribution in [0.5, 0.6) is 5.75 Å². The van der Waals surface area contributed by atoms with E-state index < -0.39 is 0 Å². The lowest BCUT2D eigenvalue weighted by Crippen LogP contribution is -1.84. The van der Waals surface area contributed by atoms with E-state index in [-0.39, 0.29) is 5.75 Å². The van der Waals surface area contributed by atoms with Gasteiger partial charge in [0.05, 0.1) is 5.52 Å². The number of hydrogen-bond donors (Lipinski definition) is 1. The molecule has 3 heteroatoms. The average Bonchev–Trinajstić information content (AvgIpc) is 2.27. The number of nitrogens with zero attached hydrogens (tertiary/aromatic N) is 2. The highest BCUT2D eigenvalue weighted by molar-refractivity contribution is 5.79. The van der Waals surface area contributed by atoms with Crippen LogP contribution in [0, 0.1) is 0 Å². The number of phenols is 1. The molecule has 3 nitrogen and oxygen atoms in total. The van der Waals surface area contributed by atoms with Gasteiger partial charge in [-0.25, -0.2) is 0 Å². The van der Waals surface area contributed by atoms with Crippen molar-refractivity contribution in [2.45, 2.75) is 0 Å². The van der Waals surface area contributed by atoms with Crippen LogP contribution in [0.3, 0.4) is 0 Å². The van der Waals surface area contributed by atoms with Gasteiger partial charge in [0.25, 0.3) is 0 Å². The Labute approximate surface area is 63.9 Å². The van der Waals surface area contributed by atoms with E-state index in [1.165, 1.54) is 0 Å². The molecule has 0 aliphatic carbocycles. The first-order valence-corrected chi connectivity index (χ1v) is 3.38. The zero-order valence-electron chi connectivity index (χ0n) is 6.15. The van der Waals surface area contributed by atoms with Gasteiger partial charge in [-0.1, -0.05) is 0 Å². The third-order valence-electron chi connectivity index (χ3n) is 1.61. The Bertz CT molecular complexity index is 392. The summed E-state index contributed by atoms with van der Waals surface area (Å²) in [5.74, 6) is 0.260. The highest BCUT2D eigenvalue weighted by Crippen LogP contribution is 2.17. The van der Waals surface area contributed by atoms with E-state index in [0.717, 1.165) is 10.9 Å². The summed E-state index contributed by atoms with van der Waals surface area (Å²) in [5.41, 5.74) is 0.826. The molecule has 2 rings (SSSR count). The summed E-state index contributed by atoms with van der Waals surface area (Å²) in [6.45, 7) is 0. The van der Waals surface area contributed by atoms with Crippen LogP contribution in [-0.4, -0.2) is 14.9 Å². The fourth-order valence-electron chi connectivity index (χ4n) is 1.13. The van der Waals surface area contributed by atoms with Crippen molar-refractivity contribution < 1.29 is 5.11 Å². The molecule has 0 saturated heterocycles. The molecule has 0 saturated carbocycles. The molecule has 2 aromatic rings. The summed E-state index contributed by atoms with van der Waals surface area (Å²) in [6.07, 6.45) is 1.91. The highest BCUT2D eigenvalue weighted by Gasteiger charge is 1.97. The van der Waals surface area contributed by atoms with Crippen molar-refractivity contribution in [1.29, 1.82) is 0 Å². The number of aryl methyl sites for hydroxylation is 1. The summed E-state index contributed by atoms with van der Waals surface area (Å²) >= 11 is 0. The largest absolute Gasteiger partial charge is 0.508 e. The van der Waals surface area contributed by atoms with E-state index >= 15 is 0 Å². The quantitative estimate of drug-likeness (QED) is 0.611. The minimum absolute atomic E-state index is 0.260. The number of aromatic hydroxyl groups is 1. The van der Waals surface area contributed by atoms with Crippen LogP contribution in [-0.2, 0) is 7.05 Å². The van der Waals surface area contributed by atoms with Gasteiger partial charge in [0, 0.05) is 24.7 Å². The maximum absolute atomic E-state index is 9.09. The van der Waals surface area contributed by atoms with Crippen LogP contribution >= 0.6 is 0 Å². The predicted octanol–water partition coefficient (Wildman–Crippen LogP) is 1.28. The minimum atomic E-state index is 0.260. The lowest BCUT2D eigenvalue weighted by atomic mass is 10.2. The second kappa shape index (κ2) is 1.99. The second-order valence-corrected chi connectivity index (χ2v) is 2.55. The Kier molecular flexibility index (Phi) is 1.12. The summed E-state index contributed by atoms with van der Waals surface area (Å²) in [6, 6.07) is 5.15. The highest BCUT2D eigenvalue weighted by atomic mass is 16.3. The molecule has 56 valence electrons. The van der Waals surface area contributed by atoms with Gasteiger partial charge in [0.2, 0.25) is 0 Å². The molecule has 0 amide bonds. The molecule has 1 aromatic carbocycles. The molecule has 11 heavy (non-hydrogen) atoms. The van der Waals surface area contributed by atoms with Crippen LogP contribution in [0.4, 0.5) is 0 Å². The van der Waals surface area contributed by atoms with Gasteiger partial charge in [-0.3, -0.25) is 4.68 Å². The standard InChI is InChI=1S/C8H8N2O/c1-10-5-6-2-3-7(11)4-8(6)9-10/h2-5,11H,1H3. The van der Waals surface area contributed by atoms with Gasteiger partial charge >= 0.3 is 0 Å². The summed E-state index contributed by atoms with van der Waals surface area (Å²) < 4.78 is 1.73. The Hall–Kier alpha value is -1.51. The first-order chi connectivity index (χ1) is 5.25. The molecule has 0 aliphatic heterocycles. The minimum Gasteiger partial charge on any atom is -0.508 e. The first-order valence-electron chi connectivity index (χ1n) is 3.38. The molecule has 0 spiro atoms. The molecule has 0 unspecified atom stereocenters. The van der Waals surface area contributed by atoms with Gasteiger partial charge in [0.1, 0.15) is 5.75 Å². The summed E-state index contributed by atoms with van der Waals surface area (Å²) in [4.78, 5) is 0. The van der Waals surface area contributed by atoms with Crippen LogP contribution in [0.15, 0.2) is 24.4 Å². The van der Waals surface area contributed by atoms with Gasteiger partial charge in [-0.15, -0.1) is 0 Å². The Morgan fingerprint density at radius 2 is 2.27 bits per heavy atom. The lowest BCUT2D eigenvalue weighted by molar-refractivity contribution is 0.476. The smallest absolute Gasteiger partial charge is 0.117 e. The SMILES string of the molecule is Cn1cc2ccc(O)cc2n1. The Morgan fingerprint density at radius 1 is 1.45 bits per heavy atom. The maximum atomic E-state index is 9.09. The van der Waals surface area contributed by atoms with Crippen molar-refractivity contribution in [2.24, 2.45) is 7.05 Å². The monoisotopic (exact) mass is 148 g/mol. The Balaban J connectivity index is 2.82. The molecule has 1 heterocycles. The third-order valence-corrected chi connectivity index (χ3v) is 1.61. The summed E-state index contributed by atoms with van der Waals surface area (Å²) in [5, 5.41) is 14.3. The zero-order valence-corrected chi connectivity index (χ0v) is 6.15. The number of rotatable bonds is 0. The van der Waals surface area contributed by atoms with Crippen molar-refractivity contribution >= 4 is 10.9 Å². The van der Waals surface area contributed by atoms with Crippen molar-refractivity contribution in [2.75, 3.05) is 0 Å². The van der Waals surface area contributed by atoms with Crippen LogP contribution in [0.25, 0.3) is 10.9 Å². The molecule has 1 N–H and O–H groups in total. The Morgan fingerprint density at radius 3 is 3.09 bits per heavy atom. The number of fused-ring (bicyclic) bond motifs is 1. The predicted molar refractivity (Wildman–Crippen MR) is 42.4 cm³/mol. The molecule has 0 radical (unpaired) electrons. The molecule has 0 bridgehead atoms. The van der Waals surface area contributed by atoms with E-state index in [4.69, 9.17) is 5.11 Å². The molecule has 0 atom stereocenters. The number of benzene rings is 1. The molecule has 0 aliphatic rings. The molecule has 1 aromatic heterocycles. The van der Waals surface area contributed by atoms with Crippen molar-refractivity contribution in [3.05, 3.63) is 24.4 Å². The second-order valence-electron chi connectivity index (χ2n) is 2.55.